The quantitative estimate of drug-likeness (QED) is 0.593. The first-order chi connectivity index (χ1) is 12.4. The maximum Gasteiger partial charge on any atom is 0.311 e. The first-order valence-corrected chi connectivity index (χ1v) is 9.56. The number of nitrogens with one attached hydrogen (secondary N) is 1. The molecule has 9 heteroatoms. The number of amides is 3. The summed E-state index contributed by atoms with van der Waals surface area (Å²) in [6.45, 7) is 1.72. The van der Waals surface area contributed by atoms with Gasteiger partial charge >= 0.3 is 5.97 Å². The van der Waals surface area contributed by atoms with E-state index in [2.05, 4.69) is 10.3 Å². The van der Waals surface area contributed by atoms with Gasteiger partial charge in [0.2, 0.25) is 17.7 Å². The molecule has 3 rings (SSSR count). The van der Waals surface area contributed by atoms with Gasteiger partial charge in [-0.1, -0.05) is 12.8 Å². The number of hydrogen-bond acceptors (Lipinski definition) is 7. The van der Waals surface area contributed by atoms with E-state index in [1.54, 1.807) is 12.3 Å². The van der Waals surface area contributed by atoms with E-state index in [1.807, 2.05) is 0 Å². The average Bonchev–Trinajstić information content (AvgIpc) is 3.27. The molecule has 0 radical (unpaired) electrons. The van der Waals surface area contributed by atoms with Crippen molar-refractivity contribution in [1.29, 1.82) is 0 Å². The van der Waals surface area contributed by atoms with E-state index in [1.165, 1.54) is 11.3 Å². The normalized spacial score (nSPS) is 18.6. The minimum Gasteiger partial charge on any atom is -0.466 e. The summed E-state index contributed by atoms with van der Waals surface area (Å²) in [7, 11) is 0. The summed E-state index contributed by atoms with van der Waals surface area (Å²) in [5.41, 5.74) is -0.0762. The summed E-state index contributed by atoms with van der Waals surface area (Å²) in [5, 5.41) is 4.57. The molecule has 1 aliphatic carbocycles. The smallest absolute Gasteiger partial charge is 0.311 e. The first kappa shape index (κ1) is 18.5. The van der Waals surface area contributed by atoms with E-state index < -0.39 is 11.3 Å². The Morgan fingerprint density at radius 2 is 2.08 bits per heavy atom. The highest BCUT2D eigenvalue weighted by Gasteiger charge is 2.52. The number of likely N-dealkylation sites (tertiary alicyclic amines) is 1. The van der Waals surface area contributed by atoms with Crippen molar-refractivity contribution < 1.29 is 23.9 Å². The number of carbonyl (C=O) groups is 4. The lowest BCUT2D eigenvalue weighted by Gasteiger charge is -2.20. The van der Waals surface area contributed by atoms with Crippen LogP contribution in [0.4, 0.5) is 5.13 Å². The lowest BCUT2D eigenvalue weighted by atomic mass is 9.84. The van der Waals surface area contributed by atoms with Crippen LogP contribution in [-0.4, -0.2) is 46.7 Å². The SMILES string of the molecule is CCOC(=O)Cc1csc(NC(=O)CN2C(=O)CC3(CCCC3)C2=O)n1. The third-order valence-electron chi connectivity index (χ3n) is 4.78. The Kier molecular flexibility index (Phi) is 5.36. The van der Waals surface area contributed by atoms with Crippen LogP contribution in [0.1, 0.15) is 44.7 Å². The highest BCUT2D eigenvalue weighted by atomic mass is 32.1. The number of esters is 1. The predicted octanol–water partition coefficient (Wildman–Crippen LogP) is 1.51. The minimum absolute atomic E-state index is 0.0336. The fourth-order valence-electron chi connectivity index (χ4n) is 3.57. The Balaban J connectivity index is 1.56. The third-order valence-corrected chi connectivity index (χ3v) is 5.59. The second-order valence-electron chi connectivity index (χ2n) is 6.62. The van der Waals surface area contributed by atoms with Gasteiger partial charge in [-0.25, -0.2) is 4.98 Å². The molecule has 1 N–H and O–H groups in total. The van der Waals surface area contributed by atoms with Crippen LogP contribution in [0, 0.1) is 5.41 Å². The van der Waals surface area contributed by atoms with E-state index in [9.17, 15) is 19.2 Å². The largest absolute Gasteiger partial charge is 0.466 e. The number of rotatable bonds is 6. The molecule has 2 heterocycles. The topological polar surface area (TPSA) is 106 Å². The lowest BCUT2D eigenvalue weighted by molar-refractivity contribution is -0.144. The molecule has 1 aliphatic heterocycles. The van der Waals surface area contributed by atoms with Crippen LogP contribution in [0.2, 0.25) is 0 Å². The second kappa shape index (κ2) is 7.53. The van der Waals surface area contributed by atoms with Gasteiger partial charge in [0, 0.05) is 11.8 Å². The molecule has 0 aromatic carbocycles. The van der Waals surface area contributed by atoms with Crippen LogP contribution in [-0.2, 0) is 30.3 Å². The molecule has 2 aliphatic rings. The maximum absolute atomic E-state index is 12.6. The van der Waals surface area contributed by atoms with Gasteiger partial charge in [-0.2, -0.15) is 0 Å². The van der Waals surface area contributed by atoms with Crippen LogP contribution in [0.3, 0.4) is 0 Å². The molecular weight excluding hydrogens is 358 g/mol. The van der Waals surface area contributed by atoms with Gasteiger partial charge < -0.3 is 10.1 Å². The fourth-order valence-corrected chi connectivity index (χ4v) is 4.30. The number of hydrogen-bond donors (Lipinski definition) is 1. The Morgan fingerprint density at radius 1 is 1.35 bits per heavy atom. The van der Waals surface area contributed by atoms with Crippen LogP contribution in [0.25, 0.3) is 0 Å². The molecule has 1 spiro atoms. The minimum atomic E-state index is -0.578. The van der Waals surface area contributed by atoms with Crippen molar-refractivity contribution in [2.45, 2.75) is 45.4 Å². The molecule has 26 heavy (non-hydrogen) atoms. The van der Waals surface area contributed by atoms with E-state index in [-0.39, 0.29) is 37.2 Å². The van der Waals surface area contributed by atoms with Crippen molar-refractivity contribution in [3.05, 3.63) is 11.1 Å². The molecule has 3 amide bonds. The number of thiazole rings is 1. The summed E-state index contributed by atoms with van der Waals surface area (Å²) in [6, 6.07) is 0. The maximum atomic E-state index is 12.6. The predicted molar refractivity (Wildman–Crippen MR) is 93.3 cm³/mol. The standard InChI is InChI=1S/C17H21N3O5S/c1-2-25-14(23)7-11-10-26-16(18-11)19-12(21)9-20-13(22)8-17(15(20)24)5-3-4-6-17/h10H,2-9H2,1H3,(H,18,19,21). The molecular formula is C17H21N3O5S. The van der Waals surface area contributed by atoms with E-state index in [0.717, 1.165) is 30.6 Å². The zero-order valence-electron chi connectivity index (χ0n) is 14.6. The van der Waals surface area contributed by atoms with Gasteiger partial charge in [0.15, 0.2) is 5.13 Å². The van der Waals surface area contributed by atoms with Crippen LogP contribution in [0.15, 0.2) is 5.38 Å². The number of nitrogens with zero attached hydrogens (tertiary/aromatic N) is 2. The Morgan fingerprint density at radius 3 is 2.77 bits per heavy atom. The van der Waals surface area contributed by atoms with Gasteiger partial charge in [-0.05, 0) is 19.8 Å². The van der Waals surface area contributed by atoms with Gasteiger partial charge in [0.25, 0.3) is 0 Å². The summed E-state index contributed by atoms with van der Waals surface area (Å²) in [4.78, 5) is 53.6. The lowest BCUT2D eigenvalue weighted by Crippen LogP contribution is -2.39. The molecule has 140 valence electrons. The fraction of sp³-hybridized carbons (Fsp3) is 0.588. The number of ether oxygens (including phenoxy) is 1. The summed E-state index contributed by atoms with van der Waals surface area (Å²) in [6.07, 6.45) is 3.58. The molecule has 0 bridgehead atoms. The molecule has 0 atom stereocenters. The van der Waals surface area contributed by atoms with Crippen molar-refractivity contribution >= 4 is 40.2 Å². The number of aromatic nitrogens is 1. The molecule has 8 nitrogen and oxygen atoms in total. The van der Waals surface area contributed by atoms with Crippen molar-refractivity contribution in [1.82, 2.24) is 9.88 Å². The molecule has 0 unspecified atom stereocenters. The van der Waals surface area contributed by atoms with Gasteiger partial charge in [-0.15, -0.1) is 11.3 Å². The van der Waals surface area contributed by atoms with Gasteiger partial charge in [0.1, 0.15) is 6.54 Å². The number of anilines is 1. The first-order valence-electron chi connectivity index (χ1n) is 8.68. The Hall–Kier alpha value is -2.29. The average molecular weight is 379 g/mol. The van der Waals surface area contributed by atoms with Gasteiger partial charge in [-0.3, -0.25) is 24.1 Å². The van der Waals surface area contributed by atoms with Crippen molar-refractivity contribution in [3.8, 4) is 0 Å². The highest BCUT2D eigenvalue weighted by molar-refractivity contribution is 7.13. The zero-order chi connectivity index (χ0) is 18.7. The molecule has 1 aromatic rings. The van der Waals surface area contributed by atoms with E-state index in [0.29, 0.717) is 17.4 Å². The number of imide groups is 1. The second-order valence-corrected chi connectivity index (χ2v) is 7.48. The monoisotopic (exact) mass is 379 g/mol. The Bertz CT molecular complexity index is 739. The van der Waals surface area contributed by atoms with E-state index >= 15 is 0 Å². The zero-order valence-corrected chi connectivity index (χ0v) is 15.4. The van der Waals surface area contributed by atoms with Gasteiger partial charge in [0.05, 0.1) is 24.1 Å². The van der Waals surface area contributed by atoms with E-state index in [4.69, 9.17) is 4.74 Å². The summed E-state index contributed by atoms with van der Waals surface area (Å²) in [5.74, 6) is -1.36. The third kappa shape index (κ3) is 3.77. The molecule has 2 fully saturated rings. The summed E-state index contributed by atoms with van der Waals surface area (Å²) >= 11 is 1.18. The number of carbonyl (C=O) groups excluding carboxylic acids is 4. The van der Waals surface area contributed by atoms with Crippen molar-refractivity contribution in [2.75, 3.05) is 18.5 Å². The van der Waals surface area contributed by atoms with Crippen LogP contribution in [0.5, 0.6) is 0 Å². The molecule has 1 aromatic heterocycles. The van der Waals surface area contributed by atoms with Crippen LogP contribution < -0.4 is 5.32 Å². The van der Waals surface area contributed by atoms with Crippen molar-refractivity contribution in [3.63, 3.8) is 0 Å². The van der Waals surface area contributed by atoms with Crippen LogP contribution >= 0.6 is 11.3 Å². The highest BCUT2D eigenvalue weighted by Crippen LogP contribution is 2.46. The molecule has 1 saturated carbocycles. The van der Waals surface area contributed by atoms with Crippen molar-refractivity contribution in [2.24, 2.45) is 5.41 Å². The summed E-state index contributed by atoms with van der Waals surface area (Å²) < 4.78 is 4.85. The Labute approximate surface area is 154 Å². The molecule has 1 saturated heterocycles.